The Labute approximate surface area is 341 Å². The molecule has 1 N–H and O–H groups in total. The third kappa shape index (κ3) is 6.28. The van der Waals surface area contributed by atoms with Gasteiger partial charge < -0.3 is 19.0 Å². The Kier molecular flexibility index (Phi) is 9.10. The summed E-state index contributed by atoms with van der Waals surface area (Å²) in [6.45, 7) is 12.9. The lowest BCUT2D eigenvalue weighted by Crippen LogP contribution is -2.41. The molecule has 1 radical (unpaired) electrons. The zero-order valence-corrected chi connectivity index (χ0v) is 37.0. The number of allylic oxidation sites excluding steroid dienone is 3. The molecule has 1 aliphatic carbocycles. The molecular weight excluding hydrogens is 767 g/mol. The molecule has 12 heteroatoms. The van der Waals surface area contributed by atoms with Crippen LogP contribution in [0.15, 0.2) is 150 Å². The number of fused-ring (bicyclic) bond motifs is 4. The number of methoxy groups -OCH3 is 2. The maximum absolute atomic E-state index is 10.1. The van der Waals surface area contributed by atoms with Gasteiger partial charge in [-0.1, -0.05) is 92.0 Å². The third-order valence-electron chi connectivity index (χ3n) is 10.6. The highest BCUT2D eigenvalue weighted by atomic mass is 28.3. The SMILES string of the molecule is COC1=C(c2ccccc2)/C(=N/[Si](C)C)C(=N)C(N(c2ccc(OC)c3c2=N[Si](C)(C)N=3)c2ccc(-c3c4ccccc4cc4ccccc34)c3c2=N[Si](C)(C)N=3)=C1. The predicted octanol–water partition coefficient (Wildman–Crippen LogP) is 8.38. The summed E-state index contributed by atoms with van der Waals surface area (Å²) < 4.78 is 38.8. The second-order valence-corrected chi connectivity index (χ2v) is 24.9. The molecule has 3 aliphatic rings. The molecule has 0 unspecified atom stereocenters. The summed E-state index contributed by atoms with van der Waals surface area (Å²) in [6, 6.07) is 37.8. The topological polar surface area (TPSA) is 107 Å². The minimum atomic E-state index is -2.52. The predicted molar refractivity (Wildman–Crippen MR) is 243 cm³/mol. The minimum absolute atomic E-state index is 0.283. The molecule has 0 saturated carbocycles. The highest BCUT2D eigenvalue weighted by Crippen LogP contribution is 2.38. The fourth-order valence-electron chi connectivity index (χ4n) is 8.31. The quantitative estimate of drug-likeness (QED) is 0.0949. The van der Waals surface area contributed by atoms with E-state index >= 15 is 0 Å². The standard InChI is InChI=1S/C46H44N7O2Si3/c1-54-37-25-24-35(44-45(37)52-58(7,8)51-44)53(36-27-38(55-2)39(28-16-10-9-11-17-28)46(41(36)47)48-56(3)4)34-23-22-33(42-43(34)50-57(5,6)49-42)40-31-20-14-12-18-29(31)26-30-19-13-15-21-32(30)40/h9-27,47H,1-8H3/b47-41?,48-46-. The van der Waals surface area contributed by atoms with Crippen molar-refractivity contribution in [1.29, 1.82) is 5.41 Å². The maximum atomic E-state index is 10.1. The first-order valence-corrected chi connectivity index (χ1v) is 27.7. The average Bonchev–Trinajstić information content (AvgIpc) is 3.72. The van der Waals surface area contributed by atoms with Crippen LogP contribution < -0.4 is 31.1 Å². The van der Waals surface area contributed by atoms with E-state index in [2.05, 4.69) is 111 Å². The lowest BCUT2D eigenvalue weighted by molar-refractivity contribution is 0.309. The third-order valence-corrected chi connectivity index (χ3v) is 14.4. The van der Waals surface area contributed by atoms with Crippen molar-refractivity contribution in [2.75, 3.05) is 19.1 Å². The van der Waals surface area contributed by atoms with Crippen LogP contribution in [0.2, 0.25) is 39.3 Å². The molecule has 0 bridgehead atoms. The van der Waals surface area contributed by atoms with E-state index in [1.54, 1.807) is 14.2 Å². The van der Waals surface area contributed by atoms with E-state index in [0.717, 1.165) is 65.8 Å². The van der Waals surface area contributed by atoms with Gasteiger partial charge in [-0.15, -0.1) is 0 Å². The van der Waals surface area contributed by atoms with Gasteiger partial charge in [-0.05, 0) is 89.2 Å². The summed E-state index contributed by atoms with van der Waals surface area (Å²) in [4.78, 5) is 2.13. The van der Waals surface area contributed by atoms with E-state index in [4.69, 9.17) is 32.8 Å². The summed E-state index contributed by atoms with van der Waals surface area (Å²) in [5, 5.41) is 17.9. The van der Waals surface area contributed by atoms with Gasteiger partial charge in [0.05, 0.1) is 53.3 Å². The van der Waals surface area contributed by atoms with Gasteiger partial charge in [-0.25, -0.2) is 0 Å². The first-order valence-electron chi connectivity index (χ1n) is 19.4. The summed E-state index contributed by atoms with van der Waals surface area (Å²) in [5.41, 5.74) is 6.95. The molecule has 6 aromatic carbocycles. The number of benzene rings is 6. The number of ether oxygens (including phenoxy) is 2. The van der Waals surface area contributed by atoms with Crippen LogP contribution in [0.3, 0.4) is 0 Å². The number of hydrogen-bond acceptors (Lipinski definition) is 9. The molecular formula is C46H44N7O2Si3. The largest absolute Gasteiger partial charge is 0.496 e. The zero-order valence-electron chi connectivity index (χ0n) is 34.0. The highest BCUT2D eigenvalue weighted by Gasteiger charge is 2.36. The van der Waals surface area contributed by atoms with Crippen molar-refractivity contribution in [3.63, 3.8) is 0 Å². The van der Waals surface area contributed by atoms with E-state index in [0.29, 0.717) is 22.9 Å². The molecule has 6 aromatic rings. The molecule has 9 nitrogen and oxygen atoms in total. The Morgan fingerprint density at radius 3 is 1.79 bits per heavy atom. The van der Waals surface area contributed by atoms with Crippen LogP contribution in [-0.4, -0.2) is 51.4 Å². The first-order chi connectivity index (χ1) is 27.9. The van der Waals surface area contributed by atoms with Crippen LogP contribution in [0, 0.1) is 5.41 Å². The fourth-order valence-corrected chi connectivity index (χ4v) is 12.2. The van der Waals surface area contributed by atoms with Crippen molar-refractivity contribution in [2.45, 2.75) is 39.3 Å². The van der Waals surface area contributed by atoms with Gasteiger partial charge in [0.2, 0.25) is 0 Å². The molecule has 0 atom stereocenters. The molecule has 0 fully saturated rings. The summed E-state index contributed by atoms with van der Waals surface area (Å²) in [5.74, 6) is 1.29. The normalized spacial score (nSPS) is 17.0. The minimum Gasteiger partial charge on any atom is -0.496 e. The van der Waals surface area contributed by atoms with Crippen LogP contribution in [-0.2, 0) is 4.74 Å². The van der Waals surface area contributed by atoms with E-state index in [9.17, 15) is 5.41 Å². The molecule has 0 aromatic heterocycles. The van der Waals surface area contributed by atoms with Gasteiger partial charge >= 0.3 is 0 Å². The molecule has 0 saturated heterocycles. The maximum Gasteiger partial charge on any atom is 0.298 e. The van der Waals surface area contributed by atoms with Crippen LogP contribution >= 0.6 is 0 Å². The number of nitrogens with zero attached hydrogens (tertiary/aromatic N) is 6. The second-order valence-electron chi connectivity index (χ2n) is 15.9. The average molecular weight is 811 g/mol. The highest BCUT2D eigenvalue weighted by molar-refractivity contribution is 6.74. The van der Waals surface area contributed by atoms with Gasteiger partial charge in [0, 0.05) is 11.6 Å². The van der Waals surface area contributed by atoms with E-state index in [1.807, 2.05) is 48.5 Å². The Morgan fingerprint density at radius 1 is 0.638 bits per heavy atom. The van der Waals surface area contributed by atoms with Gasteiger partial charge in [0.25, 0.3) is 16.8 Å². The van der Waals surface area contributed by atoms with Crippen LogP contribution in [0.4, 0.5) is 11.4 Å². The number of hydrogen-bond donors (Lipinski definition) is 1. The van der Waals surface area contributed by atoms with Gasteiger partial charge in [0.1, 0.15) is 27.9 Å². The Balaban J connectivity index is 1.40. The molecule has 58 heavy (non-hydrogen) atoms. The van der Waals surface area contributed by atoms with Gasteiger partial charge in [0.15, 0.2) is 8.96 Å². The summed E-state index contributed by atoms with van der Waals surface area (Å²) >= 11 is 0. The lowest BCUT2D eigenvalue weighted by Gasteiger charge is -2.32. The van der Waals surface area contributed by atoms with E-state index in [1.165, 1.54) is 10.8 Å². The van der Waals surface area contributed by atoms with Crippen molar-refractivity contribution < 1.29 is 9.47 Å². The van der Waals surface area contributed by atoms with Crippen molar-refractivity contribution in [3.8, 4) is 16.9 Å². The summed E-state index contributed by atoms with van der Waals surface area (Å²) in [6.07, 6.45) is 1.97. The molecule has 2 aliphatic heterocycles. The van der Waals surface area contributed by atoms with Gasteiger partial charge in [-0.2, -0.15) is 0 Å². The van der Waals surface area contributed by atoms with E-state index < -0.39 is 25.8 Å². The number of nitrogens with one attached hydrogen (secondary N) is 1. The molecule has 9 rings (SSSR count). The molecule has 287 valence electrons. The molecule has 2 heterocycles. The zero-order chi connectivity index (χ0) is 40.5. The fraction of sp³-hybridized carbons (Fsp3) is 0.174. The van der Waals surface area contributed by atoms with Gasteiger partial charge in [-0.3, -0.25) is 24.0 Å². The smallest absolute Gasteiger partial charge is 0.298 e. The summed E-state index contributed by atoms with van der Waals surface area (Å²) in [7, 11) is -2.78. The van der Waals surface area contributed by atoms with Crippen molar-refractivity contribution in [2.24, 2.45) is 23.3 Å². The lowest BCUT2D eigenvalue weighted by atomic mass is 9.89. The van der Waals surface area contributed by atoms with Crippen molar-refractivity contribution in [1.82, 2.24) is 0 Å². The van der Waals surface area contributed by atoms with Crippen molar-refractivity contribution >= 4 is 75.7 Å². The molecule has 0 spiro atoms. The van der Waals surface area contributed by atoms with Crippen molar-refractivity contribution in [3.05, 3.63) is 154 Å². The number of rotatable bonds is 8. The molecule has 0 amide bonds. The second kappa shape index (κ2) is 14.1. The van der Waals surface area contributed by atoms with Crippen LogP contribution in [0.1, 0.15) is 5.56 Å². The van der Waals surface area contributed by atoms with E-state index in [-0.39, 0.29) is 5.71 Å². The Morgan fingerprint density at radius 2 is 1.19 bits per heavy atom. The van der Waals surface area contributed by atoms with Crippen LogP contribution in [0.25, 0.3) is 38.2 Å². The first kappa shape index (κ1) is 37.5. The Hall–Kier alpha value is -6.09. The monoisotopic (exact) mass is 810 g/mol. The number of anilines is 2. The Bertz CT molecular complexity index is 3050. The van der Waals surface area contributed by atoms with Crippen LogP contribution in [0.5, 0.6) is 5.75 Å².